The number of alkyl halides is 10. The van der Waals surface area contributed by atoms with E-state index < -0.39 is 79.1 Å². The molecule has 71 heavy (non-hydrogen) atoms. The Kier molecular flexibility index (Phi) is 28.9. The van der Waals surface area contributed by atoms with E-state index in [-0.39, 0.29) is 70.5 Å². The van der Waals surface area contributed by atoms with Crippen LogP contribution in [0.3, 0.4) is 0 Å². The Morgan fingerprint density at radius 1 is 0.620 bits per heavy atom. The molecule has 2 aliphatic rings. The zero-order valence-electron chi connectivity index (χ0n) is 36.0. The third-order valence-electron chi connectivity index (χ3n) is 10.0. The second-order valence-corrected chi connectivity index (χ2v) is 35.7. The standard InChI is InChI=1S/C21H20F5NO4S.C12H14O4S.C9H8F5NO.I3.I2.HI/c22-19(23)20(29,21(24,25)26)15-5-7-16(8-6-15)27-18(28)11-13-3-9-17(10-4-13)32(30,31)12-14-1-2-14;13-12(14)7-9-3-5-11(6-4-9)17(15,16)8-10-1-2-10;10-7(11)8(16,9(12,13)14)5-1-3-6(15)4-2-5;1-3-2;1-2;/h3-10,14,19,29H,1-2,11-12H2,(H,27,28);3-6,10H,1-2,7-8H2,(H,13,14);1-4,7,16H,15H2;;;1H/q;;;-1;;. The number of hydrogen-bond donors (Lipinski definition) is 5. The molecule has 6 N–H and O–H groups in total. The summed E-state index contributed by atoms with van der Waals surface area (Å²) >= 11 is 9.54. The van der Waals surface area contributed by atoms with Gasteiger partial charge in [0, 0.05) is 48.6 Å². The van der Waals surface area contributed by atoms with Gasteiger partial charge in [-0.2, -0.15) is 26.3 Å². The minimum Gasteiger partial charge on any atom is -0.481 e. The molecule has 400 valence electrons. The molecular formula is C42H43F10I6N2O9S2-. The summed E-state index contributed by atoms with van der Waals surface area (Å²) < 4.78 is 175. The van der Waals surface area contributed by atoms with Crippen LogP contribution in [-0.2, 0) is 53.3 Å². The van der Waals surface area contributed by atoms with Crippen LogP contribution in [0.25, 0.3) is 0 Å². The largest absolute Gasteiger partial charge is 0.481 e. The number of aliphatic carboxylic acids is 1. The van der Waals surface area contributed by atoms with Crippen molar-refractivity contribution in [2.45, 2.75) is 84.7 Å². The first kappa shape index (κ1) is 68.1. The maximum Gasteiger partial charge on any atom is 0.427 e. The summed E-state index contributed by atoms with van der Waals surface area (Å²) in [6.45, 7) is 0. The molecule has 0 saturated heterocycles. The van der Waals surface area contributed by atoms with Gasteiger partial charge in [-0.3, -0.25) is 9.59 Å². The number of aliphatic hydroxyl groups is 2. The molecule has 2 aliphatic carbocycles. The van der Waals surface area contributed by atoms with Gasteiger partial charge in [0.1, 0.15) is 0 Å². The van der Waals surface area contributed by atoms with Gasteiger partial charge in [-0.25, -0.2) is 34.4 Å². The number of nitrogens with one attached hydrogen (secondary N) is 1. The first-order chi connectivity index (χ1) is 32.4. The van der Waals surface area contributed by atoms with Crippen molar-refractivity contribution in [1.82, 2.24) is 0 Å². The molecule has 4 aromatic carbocycles. The number of nitrogens with two attached hydrogens (primary N) is 1. The molecule has 2 saturated carbocycles. The van der Waals surface area contributed by atoms with Crippen LogP contribution in [0.15, 0.2) is 107 Å². The normalized spacial score (nSPS) is 15.3. The third kappa shape index (κ3) is 21.2. The van der Waals surface area contributed by atoms with Gasteiger partial charge in [0.2, 0.25) is 17.1 Å². The van der Waals surface area contributed by atoms with Crippen LogP contribution in [0.2, 0.25) is 0 Å². The number of anilines is 2. The van der Waals surface area contributed by atoms with Crippen molar-refractivity contribution >= 4 is 141 Å². The molecule has 11 nitrogen and oxygen atoms in total. The minimum atomic E-state index is -5.59. The topological polar surface area (TPSA) is 201 Å². The average molecular weight is 1740 g/mol. The molecule has 4 aromatic rings. The number of nitrogen functional groups attached to an aromatic ring is 1. The van der Waals surface area contributed by atoms with Gasteiger partial charge in [0.25, 0.3) is 12.9 Å². The van der Waals surface area contributed by atoms with Crippen molar-refractivity contribution in [2.24, 2.45) is 11.8 Å². The predicted octanol–water partition coefficient (Wildman–Crippen LogP) is 9.01. The van der Waals surface area contributed by atoms with Gasteiger partial charge in [-0.05, 0) is 108 Å². The molecule has 2 unspecified atom stereocenters. The Hall–Kier alpha value is -0.880. The number of benzene rings is 4. The smallest absolute Gasteiger partial charge is 0.427 e. The van der Waals surface area contributed by atoms with Crippen LogP contribution in [0.1, 0.15) is 47.9 Å². The zero-order chi connectivity index (χ0) is 53.5. The second-order valence-electron chi connectivity index (χ2n) is 15.4. The van der Waals surface area contributed by atoms with E-state index in [1.807, 2.05) is 0 Å². The van der Waals surface area contributed by atoms with Gasteiger partial charge in [0.05, 0.1) is 34.1 Å². The number of carboxylic acid groups (broad SMARTS) is 1. The Morgan fingerprint density at radius 3 is 1.21 bits per heavy atom. The molecule has 0 radical (unpaired) electrons. The van der Waals surface area contributed by atoms with Gasteiger partial charge < -0.3 is 26.4 Å². The van der Waals surface area contributed by atoms with Crippen molar-refractivity contribution in [3.8, 4) is 0 Å². The predicted molar refractivity (Wildman–Crippen MR) is 287 cm³/mol. The fourth-order valence-electron chi connectivity index (χ4n) is 5.95. The summed E-state index contributed by atoms with van der Waals surface area (Å²) in [5.41, 5.74) is -4.00. The van der Waals surface area contributed by atoms with Gasteiger partial charge in [0.15, 0.2) is 19.7 Å². The van der Waals surface area contributed by atoms with Crippen molar-refractivity contribution in [1.29, 1.82) is 0 Å². The number of amides is 1. The van der Waals surface area contributed by atoms with E-state index in [4.69, 9.17) is 15.9 Å². The molecule has 0 aromatic heterocycles. The second kappa shape index (κ2) is 30.2. The molecular weight excluding hydrogens is 1690 g/mol. The van der Waals surface area contributed by atoms with Crippen LogP contribution in [0.5, 0.6) is 0 Å². The molecule has 0 spiro atoms. The molecule has 0 aliphatic heterocycles. The SMILES string of the molecule is I.II.I[I-]I.Nc1ccc(C(O)(C(F)F)C(F)(F)F)cc1.O=C(Cc1ccc(S(=O)(=O)CC2CC2)cc1)Nc1ccc(C(O)(C(F)F)C(F)(F)F)cc1.O=C(O)Cc1ccc(S(=O)(=O)CC2CC2)cc1. The van der Waals surface area contributed by atoms with E-state index in [1.54, 1.807) is 12.1 Å². The molecule has 0 heterocycles. The molecule has 1 amide bonds. The van der Waals surface area contributed by atoms with E-state index in [2.05, 4.69) is 79.8 Å². The quantitative estimate of drug-likeness (QED) is 0.0435. The molecule has 29 heteroatoms. The number of carbonyl (C=O) groups excluding carboxylic acids is 1. The Balaban J connectivity index is 0.000000547. The van der Waals surface area contributed by atoms with Crippen LogP contribution >= 0.6 is 98.4 Å². The number of carboxylic acids is 1. The van der Waals surface area contributed by atoms with E-state index in [9.17, 15) is 75.4 Å². The molecule has 2 fully saturated rings. The summed E-state index contributed by atoms with van der Waals surface area (Å²) in [4.78, 5) is 23.1. The minimum absolute atomic E-state index is 0. The monoisotopic (exact) mass is 1730 g/mol. The van der Waals surface area contributed by atoms with Crippen LogP contribution in [0.4, 0.5) is 55.3 Å². The van der Waals surface area contributed by atoms with Gasteiger partial charge in [-0.15, -0.1) is 24.0 Å². The van der Waals surface area contributed by atoms with Crippen molar-refractivity contribution < 1.29 is 98.9 Å². The van der Waals surface area contributed by atoms with Crippen LogP contribution in [0, 0.1) is 11.8 Å². The first-order valence-corrected chi connectivity index (χ1v) is 41.8. The Labute approximate surface area is 472 Å². The Bertz CT molecular complexity index is 2510. The third-order valence-corrected chi connectivity index (χ3v) is 13.8. The maximum absolute atomic E-state index is 12.9. The summed E-state index contributed by atoms with van der Waals surface area (Å²) in [6.07, 6.45) is -15.6. The van der Waals surface area contributed by atoms with Gasteiger partial charge in [-0.1, -0.05) is 48.5 Å². The van der Waals surface area contributed by atoms with E-state index >= 15 is 0 Å². The summed E-state index contributed by atoms with van der Waals surface area (Å²) in [5, 5.41) is 29.6. The Morgan fingerprint density at radius 2 is 0.930 bits per heavy atom. The number of halogens is 16. The number of hydrogen-bond acceptors (Lipinski definition) is 9. The summed E-state index contributed by atoms with van der Waals surface area (Å²) in [7, 11) is -6.57. The summed E-state index contributed by atoms with van der Waals surface area (Å²) in [6, 6.07) is 18.7. The van der Waals surface area contributed by atoms with E-state index in [1.165, 1.54) is 36.4 Å². The molecule has 0 bridgehead atoms. The first-order valence-electron chi connectivity index (χ1n) is 19.7. The average Bonchev–Trinajstić information content (AvgIpc) is 4.23. The molecule has 6 rings (SSSR count). The fourth-order valence-corrected chi connectivity index (χ4v) is 9.34. The van der Waals surface area contributed by atoms with Crippen LogP contribution < -0.4 is 24.3 Å². The van der Waals surface area contributed by atoms with E-state index in [0.717, 1.165) is 62.1 Å². The molecule has 2 atom stereocenters. The maximum atomic E-state index is 12.9. The van der Waals surface area contributed by atoms with Crippen molar-refractivity contribution in [3.05, 3.63) is 119 Å². The van der Waals surface area contributed by atoms with Crippen molar-refractivity contribution in [2.75, 3.05) is 22.6 Å². The van der Waals surface area contributed by atoms with Gasteiger partial charge >= 0.3 is 68.8 Å². The zero-order valence-corrected chi connectivity index (χ0v) is 50.7. The van der Waals surface area contributed by atoms with Crippen LogP contribution in [-0.4, -0.2) is 80.7 Å². The number of rotatable bonds is 15. The number of carbonyl (C=O) groups is 2. The van der Waals surface area contributed by atoms with E-state index in [0.29, 0.717) is 47.3 Å². The summed E-state index contributed by atoms with van der Waals surface area (Å²) in [5.74, 6) is -0.642. The fraction of sp³-hybridized carbons (Fsp3) is 0.381. The van der Waals surface area contributed by atoms with Crippen molar-refractivity contribution in [3.63, 3.8) is 0 Å². The number of sulfone groups is 2.